The highest BCUT2D eigenvalue weighted by Crippen LogP contribution is 2.30. The molecule has 4 rings (SSSR count). The first-order chi connectivity index (χ1) is 14.1. The van der Waals surface area contributed by atoms with Crippen LogP contribution in [0.2, 0.25) is 0 Å². The minimum atomic E-state index is -0.544. The Morgan fingerprint density at radius 2 is 2.00 bits per heavy atom. The number of fused-ring (bicyclic) bond motifs is 1. The summed E-state index contributed by atoms with van der Waals surface area (Å²) < 4.78 is 2.03. The van der Waals surface area contributed by atoms with Gasteiger partial charge in [0.15, 0.2) is 0 Å². The van der Waals surface area contributed by atoms with E-state index in [0.717, 1.165) is 25.0 Å². The minimum Gasteiger partial charge on any atom is -0.360 e. The molecule has 3 heterocycles. The third-order valence-electron chi connectivity index (χ3n) is 5.58. The van der Waals surface area contributed by atoms with Gasteiger partial charge in [-0.05, 0) is 43.5 Å². The summed E-state index contributed by atoms with van der Waals surface area (Å²) in [7, 11) is 1.97. The number of aromatic nitrogens is 2. The van der Waals surface area contributed by atoms with Crippen molar-refractivity contribution < 1.29 is 9.59 Å². The summed E-state index contributed by atoms with van der Waals surface area (Å²) in [6, 6.07) is 11.0. The number of nitrogens with one attached hydrogen (secondary N) is 2. The summed E-state index contributed by atoms with van der Waals surface area (Å²) in [6.45, 7) is 0.535. The molecule has 1 atom stereocenters. The van der Waals surface area contributed by atoms with Gasteiger partial charge in [-0.2, -0.15) is 0 Å². The third-order valence-corrected chi connectivity index (χ3v) is 5.58. The van der Waals surface area contributed by atoms with Gasteiger partial charge in [-0.3, -0.25) is 14.4 Å². The molecule has 1 saturated heterocycles. The Morgan fingerprint density at radius 3 is 2.79 bits per heavy atom. The highest BCUT2D eigenvalue weighted by Gasteiger charge is 2.29. The van der Waals surface area contributed by atoms with Crippen LogP contribution in [0.4, 0.5) is 0 Å². The second-order valence-corrected chi connectivity index (χ2v) is 7.40. The van der Waals surface area contributed by atoms with Gasteiger partial charge >= 0.3 is 0 Å². The molecule has 7 heteroatoms. The van der Waals surface area contributed by atoms with E-state index in [2.05, 4.69) is 10.3 Å². The SMILES string of the molecule is Cn1cccc1C1CCCCN1C(=O)CNC(=O)c1c[nH]c2ccccc2c1=O. The zero-order valence-corrected chi connectivity index (χ0v) is 16.4. The third kappa shape index (κ3) is 3.68. The number of rotatable bonds is 4. The van der Waals surface area contributed by atoms with Crippen LogP contribution < -0.4 is 10.7 Å². The molecule has 3 aromatic rings. The summed E-state index contributed by atoms with van der Waals surface area (Å²) in [6.07, 6.45) is 6.30. The van der Waals surface area contributed by atoms with E-state index in [1.54, 1.807) is 18.2 Å². The molecular formula is C22H24N4O3. The van der Waals surface area contributed by atoms with E-state index in [1.165, 1.54) is 6.20 Å². The first kappa shape index (κ1) is 19.0. The van der Waals surface area contributed by atoms with E-state index < -0.39 is 5.91 Å². The van der Waals surface area contributed by atoms with E-state index in [0.29, 0.717) is 17.4 Å². The number of hydrogen-bond acceptors (Lipinski definition) is 3. The number of aromatic amines is 1. The van der Waals surface area contributed by atoms with Crippen LogP contribution in [-0.4, -0.2) is 39.4 Å². The molecule has 0 saturated carbocycles. The smallest absolute Gasteiger partial charge is 0.257 e. The maximum atomic E-state index is 12.9. The monoisotopic (exact) mass is 392 g/mol. The van der Waals surface area contributed by atoms with Crippen molar-refractivity contribution >= 4 is 22.7 Å². The number of amides is 2. The fourth-order valence-corrected chi connectivity index (χ4v) is 4.05. The molecule has 150 valence electrons. The molecule has 1 unspecified atom stereocenters. The zero-order valence-electron chi connectivity index (χ0n) is 16.4. The van der Waals surface area contributed by atoms with Gasteiger partial charge in [0.05, 0.1) is 12.6 Å². The normalized spacial score (nSPS) is 16.7. The highest BCUT2D eigenvalue weighted by atomic mass is 16.2. The number of nitrogens with zero attached hydrogens (tertiary/aromatic N) is 2. The maximum absolute atomic E-state index is 12.9. The topological polar surface area (TPSA) is 87.2 Å². The molecule has 0 radical (unpaired) electrons. The molecule has 2 aromatic heterocycles. The largest absolute Gasteiger partial charge is 0.360 e. The van der Waals surface area contributed by atoms with Crippen molar-refractivity contribution in [2.24, 2.45) is 7.05 Å². The summed E-state index contributed by atoms with van der Waals surface area (Å²) in [5.41, 5.74) is 1.43. The number of carbonyl (C=O) groups is 2. The second kappa shape index (κ2) is 7.95. The van der Waals surface area contributed by atoms with Gasteiger partial charge in [0.25, 0.3) is 5.91 Å². The van der Waals surface area contributed by atoms with Crippen LogP contribution in [0, 0.1) is 0 Å². The average molecular weight is 392 g/mol. The number of carbonyl (C=O) groups excluding carboxylic acids is 2. The van der Waals surface area contributed by atoms with E-state index in [9.17, 15) is 14.4 Å². The van der Waals surface area contributed by atoms with Crippen molar-refractivity contribution in [3.8, 4) is 0 Å². The first-order valence-corrected chi connectivity index (χ1v) is 9.85. The number of hydrogen-bond donors (Lipinski definition) is 2. The minimum absolute atomic E-state index is 0.00845. The van der Waals surface area contributed by atoms with Crippen molar-refractivity contribution in [2.75, 3.05) is 13.1 Å². The van der Waals surface area contributed by atoms with Crippen LogP contribution in [0.3, 0.4) is 0 Å². The zero-order chi connectivity index (χ0) is 20.4. The lowest BCUT2D eigenvalue weighted by molar-refractivity contribution is -0.134. The quantitative estimate of drug-likeness (QED) is 0.715. The summed E-state index contributed by atoms with van der Waals surface area (Å²) in [5.74, 6) is -0.681. The Bertz CT molecular complexity index is 1110. The lowest BCUT2D eigenvalue weighted by atomic mass is 9.99. The van der Waals surface area contributed by atoms with Crippen molar-refractivity contribution in [1.82, 2.24) is 19.8 Å². The molecular weight excluding hydrogens is 368 g/mol. The number of pyridine rings is 1. The molecule has 2 N–H and O–H groups in total. The Labute approximate surface area is 168 Å². The van der Waals surface area contributed by atoms with Crippen molar-refractivity contribution in [3.63, 3.8) is 0 Å². The van der Waals surface area contributed by atoms with E-state index in [4.69, 9.17) is 0 Å². The van der Waals surface area contributed by atoms with Gasteiger partial charge in [0.2, 0.25) is 11.3 Å². The van der Waals surface area contributed by atoms with E-state index in [1.807, 2.05) is 40.9 Å². The van der Waals surface area contributed by atoms with Crippen LogP contribution in [0.5, 0.6) is 0 Å². The average Bonchev–Trinajstić information content (AvgIpc) is 3.18. The molecule has 29 heavy (non-hydrogen) atoms. The maximum Gasteiger partial charge on any atom is 0.257 e. The van der Waals surface area contributed by atoms with Crippen LogP contribution in [0.15, 0.2) is 53.6 Å². The fourth-order valence-electron chi connectivity index (χ4n) is 4.05. The molecule has 0 bridgehead atoms. The van der Waals surface area contributed by atoms with Crippen molar-refractivity contribution in [2.45, 2.75) is 25.3 Å². The van der Waals surface area contributed by atoms with Gasteiger partial charge in [-0.15, -0.1) is 0 Å². The van der Waals surface area contributed by atoms with Crippen LogP contribution >= 0.6 is 0 Å². The van der Waals surface area contributed by atoms with E-state index >= 15 is 0 Å². The predicted octanol–water partition coefficient (Wildman–Crippen LogP) is 2.35. The summed E-state index contributed by atoms with van der Waals surface area (Å²) >= 11 is 0. The Morgan fingerprint density at radius 1 is 1.17 bits per heavy atom. The fraction of sp³-hybridized carbons (Fsp3) is 0.318. The number of H-pyrrole nitrogens is 1. The molecule has 7 nitrogen and oxygen atoms in total. The lowest BCUT2D eigenvalue weighted by Crippen LogP contribution is -2.45. The number of likely N-dealkylation sites (tertiary alicyclic amines) is 1. The first-order valence-electron chi connectivity index (χ1n) is 9.85. The van der Waals surface area contributed by atoms with Gasteiger partial charge in [0.1, 0.15) is 5.56 Å². The van der Waals surface area contributed by atoms with Gasteiger partial charge in [-0.1, -0.05) is 12.1 Å². The molecule has 1 aromatic carbocycles. The number of aryl methyl sites for hydroxylation is 1. The molecule has 1 aliphatic heterocycles. The van der Waals surface area contributed by atoms with Gasteiger partial charge in [-0.25, -0.2) is 0 Å². The molecule has 0 spiro atoms. The standard InChI is InChI=1S/C22H24N4O3/c1-25-11-6-10-18(25)19-9-4-5-12-26(19)20(27)14-24-22(29)16-13-23-17-8-3-2-7-15(17)21(16)28/h2-3,6-8,10-11,13,19H,4-5,9,12,14H2,1H3,(H,23,28)(H,24,29). The molecule has 1 aliphatic rings. The molecule has 2 amide bonds. The molecule has 1 fully saturated rings. The highest BCUT2D eigenvalue weighted by molar-refractivity contribution is 5.98. The van der Waals surface area contributed by atoms with Gasteiger partial charge in [0, 0.05) is 42.6 Å². The van der Waals surface area contributed by atoms with Gasteiger partial charge < -0.3 is 19.8 Å². The van der Waals surface area contributed by atoms with Crippen LogP contribution in [0.1, 0.15) is 41.4 Å². The Balaban J connectivity index is 1.47. The predicted molar refractivity (Wildman–Crippen MR) is 111 cm³/mol. The second-order valence-electron chi connectivity index (χ2n) is 7.40. The van der Waals surface area contributed by atoms with Crippen molar-refractivity contribution in [1.29, 1.82) is 0 Å². The number of benzene rings is 1. The van der Waals surface area contributed by atoms with E-state index in [-0.39, 0.29) is 29.5 Å². The summed E-state index contributed by atoms with van der Waals surface area (Å²) in [5, 5.41) is 3.08. The summed E-state index contributed by atoms with van der Waals surface area (Å²) in [4.78, 5) is 42.8. The van der Waals surface area contributed by atoms with Crippen LogP contribution in [-0.2, 0) is 11.8 Å². The lowest BCUT2D eigenvalue weighted by Gasteiger charge is -2.36. The number of piperidine rings is 1. The Kier molecular flexibility index (Phi) is 5.20. The molecule has 0 aliphatic carbocycles. The van der Waals surface area contributed by atoms with Crippen molar-refractivity contribution in [3.05, 3.63) is 70.3 Å². The number of para-hydroxylation sites is 1. The van der Waals surface area contributed by atoms with Crippen LogP contribution in [0.25, 0.3) is 10.9 Å². The Hall–Kier alpha value is -3.35.